The molecule has 0 spiro atoms. The Kier molecular flexibility index (Phi) is 9.53. The van der Waals surface area contributed by atoms with Crippen molar-refractivity contribution < 1.29 is 4.42 Å². The fourth-order valence-corrected chi connectivity index (χ4v) is 10.8. The zero-order valence-electron chi connectivity index (χ0n) is 38.6. The molecule has 0 bridgehead atoms. The third-order valence-corrected chi connectivity index (χ3v) is 14.3. The maximum absolute atomic E-state index is 6.85. The highest BCUT2D eigenvalue weighted by Crippen LogP contribution is 2.45. The molecule has 0 aliphatic carbocycles. The number of nitrogens with zero attached hydrogens (tertiary/aromatic N) is 2. The Balaban J connectivity index is 0.887. The van der Waals surface area contributed by atoms with E-state index in [1.807, 2.05) is 12.1 Å². The molecule has 3 heteroatoms. The van der Waals surface area contributed by atoms with Crippen molar-refractivity contribution in [2.24, 2.45) is 0 Å². The first-order valence-corrected chi connectivity index (χ1v) is 24.2. The molecule has 3 nitrogen and oxygen atoms in total. The lowest BCUT2D eigenvalue weighted by Crippen LogP contribution is -1.96. The van der Waals surface area contributed by atoms with Crippen molar-refractivity contribution >= 4 is 65.0 Å². The van der Waals surface area contributed by atoms with Gasteiger partial charge in [-0.1, -0.05) is 231 Å². The molecular weight excluding hydrogens is 861 g/mol. The van der Waals surface area contributed by atoms with Crippen LogP contribution in [-0.2, 0) is 0 Å². The molecule has 0 saturated carbocycles. The lowest BCUT2D eigenvalue weighted by molar-refractivity contribution is 0.673. The molecule has 330 valence electrons. The van der Waals surface area contributed by atoms with E-state index < -0.39 is 0 Å². The van der Waals surface area contributed by atoms with Crippen LogP contribution in [-0.4, -0.2) is 9.97 Å². The first-order valence-electron chi connectivity index (χ1n) is 24.2. The van der Waals surface area contributed by atoms with E-state index in [0.29, 0.717) is 5.82 Å². The topological polar surface area (TPSA) is 38.9 Å². The standard InChI is InChI=1S/C68H42N2O/c1-3-14-43(15-4-1)45-26-32-48(33-27-45)63-42-64(70-68(69-63)50-36-28-46(29-37-50)44-16-5-2-6-17-44)49-34-30-47(31-35-49)60-41-62-66-52(24-13-25-65(66)71-67(62)59-23-12-11-22-57(59)60)51-38-39-58-55-20-8-7-18-53(55)54-19-9-10-21-56(54)61(58)40-51/h1-42H. The Hall–Kier alpha value is -9.44. The molecule has 0 radical (unpaired) electrons. The Bertz CT molecular complexity index is 4210. The number of hydrogen-bond acceptors (Lipinski definition) is 3. The number of aromatic nitrogens is 2. The second-order valence-corrected chi connectivity index (χ2v) is 18.4. The van der Waals surface area contributed by atoms with E-state index in [0.717, 1.165) is 94.2 Å². The van der Waals surface area contributed by atoms with E-state index in [1.165, 1.54) is 43.4 Å². The van der Waals surface area contributed by atoms with Crippen LogP contribution in [0.2, 0.25) is 0 Å². The van der Waals surface area contributed by atoms with Crippen molar-refractivity contribution in [2.75, 3.05) is 0 Å². The normalized spacial score (nSPS) is 11.7. The van der Waals surface area contributed by atoms with Gasteiger partial charge < -0.3 is 4.42 Å². The second kappa shape index (κ2) is 16.7. The number of fused-ring (bicyclic) bond motifs is 11. The van der Waals surface area contributed by atoms with Crippen molar-refractivity contribution in [1.29, 1.82) is 0 Å². The zero-order valence-corrected chi connectivity index (χ0v) is 38.6. The number of furan rings is 1. The van der Waals surface area contributed by atoms with E-state index in [1.54, 1.807) is 0 Å². The number of rotatable bonds is 7. The van der Waals surface area contributed by atoms with Crippen LogP contribution in [0.3, 0.4) is 0 Å². The summed E-state index contributed by atoms with van der Waals surface area (Å²) in [5, 5.41) is 12.0. The van der Waals surface area contributed by atoms with E-state index in [9.17, 15) is 0 Å². The zero-order chi connectivity index (χ0) is 46.8. The smallest absolute Gasteiger partial charge is 0.160 e. The van der Waals surface area contributed by atoms with Gasteiger partial charge >= 0.3 is 0 Å². The maximum Gasteiger partial charge on any atom is 0.160 e. The maximum atomic E-state index is 6.85. The summed E-state index contributed by atoms with van der Waals surface area (Å²) in [4.78, 5) is 10.5. The highest BCUT2D eigenvalue weighted by atomic mass is 16.3. The molecule has 12 aromatic carbocycles. The highest BCUT2D eigenvalue weighted by Gasteiger charge is 2.20. The van der Waals surface area contributed by atoms with Gasteiger partial charge in [0.1, 0.15) is 11.2 Å². The average molecular weight is 903 g/mol. The molecule has 0 aliphatic rings. The summed E-state index contributed by atoms with van der Waals surface area (Å²) in [6.07, 6.45) is 0. The summed E-state index contributed by atoms with van der Waals surface area (Å²) in [5.41, 5.74) is 15.8. The fraction of sp³-hybridized carbons (Fsp3) is 0. The average Bonchev–Trinajstić information content (AvgIpc) is 3.85. The SMILES string of the molecule is c1ccc(-c2ccc(-c3cc(-c4ccc(-c5cc6c(oc7cccc(-c8ccc9c%10ccccc%10c%10ccccc%10c9c8)c76)c6ccccc56)cc4)nc(-c4ccc(-c5ccccc5)cc4)n3)cc2)cc1. The van der Waals surface area contributed by atoms with Gasteiger partial charge in [-0.2, -0.15) is 0 Å². The minimum atomic E-state index is 0.681. The molecule has 71 heavy (non-hydrogen) atoms. The molecule has 0 unspecified atom stereocenters. The van der Waals surface area contributed by atoms with Gasteiger partial charge in [-0.3, -0.25) is 0 Å². The van der Waals surface area contributed by atoms with Crippen LogP contribution < -0.4 is 0 Å². The molecule has 0 fully saturated rings. The van der Waals surface area contributed by atoms with Crippen molar-refractivity contribution in [1.82, 2.24) is 9.97 Å². The van der Waals surface area contributed by atoms with E-state index >= 15 is 0 Å². The Morgan fingerprint density at radius 1 is 0.239 bits per heavy atom. The van der Waals surface area contributed by atoms with Gasteiger partial charge in [0, 0.05) is 32.8 Å². The Morgan fingerprint density at radius 2 is 0.676 bits per heavy atom. The second-order valence-electron chi connectivity index (χ2n) is 18.4. The molecule has 14 aromatic rings. The Labute approximate surface area is 410 Å². The van der Waals surface area contributed by atoms with Crippen molar-refractivity contribution in [3.8, 4) is 78.4 Å². The van der Waals surface area contributed by atoms with Crippen LogP contribution >= 0.6 is 0 Å². The summed E-state index contributed by atoms with van der Waals surface area (Å²) < 4.78 is 6.85. The molecule has 0 aliphatic heterocycles. The molecule has 0 saturated heterocycles. The fourth-order valence-electron chi connectivity index (χ4n) is 10.8. The first kappa shape index (κ1) is 40.6. The van der Waals surface area contributed by atoms with Gasteiger partial charge in [0.2, 0.25) is 0 Å². The Morgan fingerprint density at radius 3 is 1.25 bits per heavy atom. The van der Waals surface area contributed by atoms with E-state index in [4.69, 9.17) is 14.4 Å². The first-order chi connectivity index (χ1) is 35.2. The summed E-state index contributed by atoms with van der Waals surface area (Å²) in [7, 11) is 0. The van der Waals surface area contributed by atoms with E-state index in [2.05, 4.69) is 243 Å². The lowest BCUT2D eigenvalue weighted by Gasteiger charge is -2.13. The third kappa shape index (κ3) is 6.97. The molecule has 14 rings (SSSR count). The van der Waals surface area contributed by atoms with Crippen LogP contribution in [0.4, 0.5) is 0 Å². The lowest BCUT2D eigenvalue weighted by atomic mass is 9.90. The van der Waals surface area contributed by atoms with E-state index in [-0.39, 0.29) is 0 Å². The molecular formula is C68H42N2O. The van der Waals surface area contributed by atoms with Crippen molar-refractivity contribution in [2.45, 2.75) is 0 Å². The van der Waals surface area contributed by atoms with Crippen LogP contribution in [0.15, 0.2) is 259 Å². The molecule has 0 atom stereocenters. The van der Waals surface area contributed by atoms with Gasteiger partial charge in [-0.15, -0.1) is 0 Å². The summed E-state index contributed by atoms with van der Waals surface area (Å²) >= 11 is 0. The van der Waals surface area contributed by atoms with Crippen LogP contribution in [0, 0.1) is 0 Å². The molecule has 0 N–H and O–H groups in total. The number of benzene rings is 12. The molecule has 2 heterocycles. The van der Waals surface area contributed by atoms with Gasteiger partial charge in [-0.05, 0) is 106 Å². The summed E-state index contributed by atoms with van der Waals surface area (Å²) in [6, 6.07) is 91.1. The van der Waals surface area contributed by atoms with Crippen molar-refractivity contribution in [3.63, 3.8) is 0 Å². The van der Waals surface area contributed by atoms with Crippen molar-refractivity contribution in [3.05, 3.63) is 255 Å². The van der Waals surface area contributed by atoms with Gasteiger partial charge in [0.05, 0.1) is 11.4 Å². The van der Waals surface area contributed by atoms with Gasteiger partial charge in [0.25, 0.3) is 0 Å². The van der Waals surface area contributed by atoms with Crippen LogP contribution in [0.25, 0.3) is 143 Å². The third-order valence-electron chi connectivity index (χ3n) is 14.3. The summed E-state index contributed by atoms with van der Waals surface area (Å²) in [5.74, 6) is 0.681. The predicted octanol–water partition coefficient (Wildman–Crippen LogP) is 18.7. The number of hydrogen-bond donors (Lipinski definition) is 0. The summed E-state index contributed by atoms with van der Waals surface area (Å²) in [6.45, 7) is 0. The quantitative estimate of drug-likeness (QED) is 0.150. The van der Waals surface area contributed by atoms with Crippen LogP contribution in [0.1, 0.15) is 0 Å². The highest BCUT2D eigenvalue weighted by molar-refractivity contribution is 6.27. The molecule has 2 aromatic heterocycles. The predicted molar refractivity (Wildman–Crippen MR) is 297 cm³/mol. The van der Waals surface area contributed by atoms with Crippen LogP contribution in [0.5, 0.6) is 0 Å². The van der Waals surface area contributed by atoms with Gasteiger partial charge in [-0.25, -0.2) is 9.97 Å². The largest absolute Gasteiger partial charge is 0.455 e. The minimum absolute atomic E-state index is 0.681. The van der Waals surface area contributed by atoms with Gasteiger partial charge in [0.15, 0.2) is 5.82 Å². The molecule has 0 amide bonds. The minimum Gasteiger partial charge on any atom is -0.455 e. The monoisotopic (exact) mass is 902 g/mol.